The van der Waals surface area contributed by atoms with Crippen molar-refractivity contribution in [2.45, 2.75) is 31.0 Å². The molecule has 6 heteroatoms. The molecular weight excluding hydrogens is 413 g/mol. The van der Waals surface area contributed by atoms with Gasteiger partial charge in [-0.3, -0.25) is 4.79 Å². The third-order valence-corrected chi connectivity index (χ3v) is 5.94. The first-order valence-electron chi connectivity index (χ1n) is 10.7. The lowest BCUT2D eigenvalue weighted by Crippen LogP contribution is -2.37. The molecule has 0 radical (unpaired) electrons. The molecule has 0 spiro atoms. The molecular formula is C26H25F3N2O. The van der Waals surface area contributed by atoms with Crippen LogP contribution in [0.5, 0.6) is 0 Å². The highest BCUT2D eigenvalue weighted by Crippen LogP contribution is 2.36. The van der Waals surface area contributed by atoms with Crippen LogP contribution in [0.1, 0.15) is 41.5 Å². The highest BCUT2D eigenvalue weighted by atomic mass is 19.4. The lowest BCUT2D eigenvalue weighted by atomic mass is 9.95. The fourth-order valence-electron chi connectivity index (χ4n) is 4.28. The van der Waals surface area contributed by atoms with Crippen LogP contribution in [0.15, 0.2) is 84.9 Å². The van der Waals surface area contributed by atoms with Crippen molar-refractivity contribution in [3.8, 4) is 0 Å². The molecule has 1 amide bonds. The first-order chi connectivity index (χ1) is 15.4. The van der Waals surface area contributed by atoms with Crippen LogP contribution in [0.3, 0.4) is 0 Å². The zero-order valence-electron chi connectivity index (χ0n) is 17.6. The number of carbonyl (C=O) groups excluding carboxylic acids is 1. The van der Waals surface area contributed by atoms with Gasteiger partial charge in [-0.25, -0.2) is 0 Å². The number of amides is 1. The van der Waals surface area contributed by atoms with Crippen LogP contribution in [-0.4, -0.2) is 23.9 Å². The third-order valence-electron chi connectivity index (χ3n) is 5.94. The second kappa shape index (κ2) is 9.47. The Morgan fingerprint density at radius 3 is 2.19 bits per heavy atom. The molecule has 1 heterocycles. The molecule has 1 aliphatic heterocycles. The van der Waals surface area contributed by atoms with E-state index in [0.29, 0.717) is 18.7 Å². The minimum absolute atomic E-state index is 0.0163. The van der Waals surface area contributed by atoms with Crippen molar-refractivity contribution in [2.75, 3.05) is 18.4 Å². The predicted octanol–water partition coefficient (Wildman–Crippen LogP) is 6.26. The lowest BCUT2D eigenvalue weighted by Gasteiger charge is -2.30. The number of para-hydroxylation sites is 1. The van der Waals surface area contributed by atoms with Gasteiger partial charge in [-0.05, 0) is 48.2 Å². The van der Waals surface area contributed by atoms with Crippen LogP contribution >= 0.6 is 0 Å². The number of alkyl halides is 3. The summed E-state index contributed by atoms with van der Waals surface area (Å²) < 4.78 is 39.1. The smallest absolute Gasteiger partial charge is 0.384 e. The van der Waals surface area contributed by atoms with Gasteiger partial charge in [-0.2, -0.15) is 13.2 Å². The van der Waals surface area contributed by atoms with Gasteiger partial charge in [0.25, 0.3) is 0 Å². The summed E-state index contributed by atoms with van der Waals surface area (Å²) in [5, 5.41) is 3.28. The van der Waals surface area contributed by atoms with Crippen LogP contribution in [0, 0.1) is 0 Å². The standard InChI is InChI=1S/C26H25F3N2O/c27-26(28,29)21-15-13-19(14-16-21)23(18-30-22-10-5-2-6-11-22)25(32)31-17-7-12-24(31)20-8-3-1-4-9-20/h1-6,8-11,13-16,23-24,30H,7,12,17-18H2/t23-,24+/m1/s1. The van der Waals surface area contributed by atoms with Gasteiger partial charge in [-0.15, -0.1) is 0 Å². The van der Waals surface area contributed by atoms with Crippen LogP contribution < -0.4 is 5.32 Å². The van der Waals surface area contributed by atoms with Gasteiger partial charge in [0, 0.05) is 18.8 Å². The maximum absolute atomic E-state index is 13.7. The second-order valence-electron chi connectivity index (χ2n) is 8.02. The van der Waals surface area contributed by atoms with Crippen LogP contribution in [-0.2, 0) is 11.0 Å². The molecule has 3 aromatic carbocycles. The van der Waals surface area contributed by atoms with Gasteiger partial charge < -0.3 is 10.2 Å². The van der Waals surface area contributed by atoms with E-state index in [1.807, 2.05) is 65.6 Å². The van der Waals surface area contributed by atoms with E-state index >= 15 is 0 Å². The molecule has 1 fully saturated rings. The maximum atomic E-state index is 13.7. The quantitative estimate of drug-likeness (QED) is 0.492. The van der Waals surface area contributed by atoms with Gasteiger partial charge in [0.15, 0.2) is 0 Å². The number of likely N-dealkylation sites (tertiary alicyclic amines) is 1. The molecule has 2 atom stereocenters. The molecule has 0 saturated carbocycles. The van der Waals surface area contributed by atoms with E-state index in [2.05, 4.69) is 5.32 Å². The highest BCUT2D eigenvalue weighted by molar-refractivity contribution is 5.85. The summed E-state index contributed by atoms with van der Waals surface area (Å²) in [6.45, 7) is 0.938. The van der Waals surface area contributed by atoms with Gasteiger partial charge in [0.05, 0.1) is 17.5 Å². The molecule has 0 aliphatic carbocycles. The minimum Gasteiger partial charge on any atom is -0.384 e. The summed E-state index contributed by atoms with van der Waals surface area (Å²) in [7, 11) is 0. The summed E-state index contributed by atoms with van der Waals surface area (Å²) >= 11 is 0. The number of hydrogen-bond donors (Lipinski definition) is 1. The van der Waals surface area contributed by atoms with E-state index in [0.717, 1.165) is 36.2 Å². The zero-order valence-corrected chi connectivity index (χ0v) is 17.6. The lowest BCUT2D eigenvalue weighted by molar-refractivity contribution is -0.137. The van der Waals surface area contributed by atoms with Crippen molar-refractivity contribution in [1.29, 1.82) is 0 Å². The normalized spacial score (nSPS) is 17.2. The summed E-state index contributed by atoms with van der Waals surface area (Å²) in [4.78, 5) is 15.6. The largest absolute Gasteiger partial charge is 0.416 e. The van der Waals surface area contributed by atoms with Crippen molar-refractivity contribution in [2.24, 2.45) is 0 Å². The number of rotatable bonds is 6. The third kappa shape index (κ3) is 4.96. The second-order valence-corrected chi connectivity index (χ2v) is 8.02. The summed E-state index contributed by atoms with van der Waals surface area (Å²) in [6, 6.07) is 24.3. The number of halogens is 3. The van der Waals surface area contributed by atoms with Crippen molar-refractivity contribution in [3.63, 3.8) is 0 Å². The maximum Gasteiger partial charge on any atom is 0.416 e. The fourth-order valence-corrected chi connectivity index (χ4v) is 4.28. The Labute approximate surface area is 185 Å². The van der Waals surface area contributed by atoms with Crippen molar-refractivity contribution in [1.82, 2.24) is 4.90 Å². The summed E-state index contributed by atoms with van der Waals surface area (Å²) in [5.41, 5.74) is 1.80. The highest BCUT2D eigenvalue weighted by Gasteiger charge is 2.35. The van der Waals surface area contributed by atoms with Crippen molar-refractivity contribution in [3.05, 3.63) is 102 Å². The molecule has 0 bridgehead atoms. The Kier molecular flexibility index (Phi) is 6.49. The average molecular weight is 438 g/mol. The first-order valence-corrected chi connectivity index (χ1v) is 10.7. The SMILES string of the molecule is O=C([C@H](CNc1ccccc1)c1ccc(C(F)(F)F)cc1)N1CCC[C@H]1c1ccccc1. The number of benzene rings is 3. The van der Waals surface area contributed by atoms with E-state index in [-0.39, 0.29) is 11.9 Å². The zero-order chi connectivity index (χ0) is 22.6. The molecule has 1 aliphatic rings. The van der Waals surface area contributed by atoms with Gasteiger partial charge >= 0.3 is 6.18 Å². The van der Waals surface area contributed by atoms with E-state index in [9.17, 15) is 18.0 Å². The molecule has 166 valence electrons. The average Bonchev–Trinajstić information content (AvgIpc) is 3.30. The molecule has 0 aromatic heterocycles. The predicted molar refractivity (Wildman–Crippen MR) is 119 cm³/mol. The Hall–Kier alpha value is -3.28. The van der Waals surface area contributed by atoms with E-state index in [1.54, 1.807) is 0 Å². The molecule has 4 rings (SSSR count). The molecule has 3 aromatic rings. The Morgan fingerprint density at radius 1 is 0.938 bits per heavy atom. The van der Waals surface area contributed by atoms with Gasteiger partial charge in [0.1, 0.15) is 0 Å². The summed E-state index contributed by atoms with van der Waals surface area (Å²) in [6.07, 6.45) is -2.63. The Balaban J connectivity index is 1.61. The number of nitrogens with zero attached hydrogens (tertiary/aromatic N) is 1. The monoisotopic (exact) mass is 438 g/mol. The van der Waals surface area contributed by atoms with E-state index in [4.69, 9.17) is 0 Å². The summed E-state index contributed by atoms with van der Waals surface area (Å²) in [5.74, 6) is -0.665. The molecule has 1 saturated heterocycles. The number of carbonyl (C=O) groups is 1. The molecule has 0 unspecified atom stereocenters. The van der Waals surface area contributed by atoms with Crippen LogP contribution in [0.4, 0.5) is 18.9 Å². The topological polar surface area (TPSA) is 32.3 Å². The van der Waals surface area contributed by atoms with Crippen molar-refractivity contribution >= 4 is 11.6 Å². The Morgan fingerprint density at radius 2 is 1.56 bits per heavy atom. The molecule has 1 N–H and O–H groups in total. The first kappa shape index (κ1) is 21.9. The number of nitrogens with one attached hydrogen (secondary N) is 1. The Bertz CT molecular complexity index is 1020. The fraction of sp³-hybridized carbons (Fsp3) is 0.269. The van der Waals surface area contributed by atoms with Gasteiger partial charge in [0.2, 0.25) is 5.91 Å². The number of hydrogen-bond acceptors (Lipinski definition) is 2. The van der Waals surface area contributed by atoms with Crippen molar-refractivity contribution < 1.29 is 18.0 Å². The molecule has 32 heavy (non-hydrogen) atoms. The number of anilines is 1. The van der Waals surface area contributed by atoms with Crippen LogP contribution in [0.25, 0.3) is 0 Å². The minimum atomic E-state index is -4.41. The van der Waals surface area contributed by atoms with Gasteiger partial charge in [-0.1, -0.05) is 60.7 Å². The van der Waals surface area contributed by atoms with E-state index in [1.165, 1.54) is 12.1 Å². The molecule has 3 nitrogen and oxygen atoms in total. The van der Waals surface area contributed by atoms with E-state index < -0.39 is 17.7 Å². The van der Waals surface area contributed by atoms with Crippen LogP contribution in [0.2, 0.25) is 0 Å².